The second kappa shape index (κ2) is 6.88. The van der Waals surface area contributed by atoms with Crippen LogP contribution in [0.1, 0.15) is 25.5 Å². The number of rotatable bonds is 5. The molecule has 0 bridgehead atoms. The first kappa shape index (κ1) is 14.3. The van der Waals surface area contributed by atoms with Gasteiger partial charge in [0.25, 0.3) is 0 Å². The summed E-state index contributed by atoms with van der Waals surface area (Å²) < 4.78 is 0. The molecule has 19 heavy (non-hydrogen) atoms. The summed E-state index contributed by atoms with van der Waals surface area (Å²) >= 11 is 7.78. The predicted octanol–water partition coefficient (Wildman–Crippen LogP) is 5.63. The highest BCUT2D eigenvalue weighted by Crippen LogP contribution is 2.29. The van der Waals surface area contributed by atoms with Crippen molar-refractivity contribution in [2.75, 3.05) is 11.1 Å². The van der Waals surface area contributed by atoms with E-state index in [1.807, 2.05) is 23.9 Å². The minimum absolute atomic E-state index is 0.260. The lowest BCUT2D eigenvalue weighted by molar-refractivity contribution is 0.879. The Bertz CT molecular complexity index is 525. The third-order valence-electron chi connectivity index (χ3n) is 2.93. The van der Waals surface area contributed by atoms with Gasteiger partial charge >= 0.3 is 0 Å². The Kier molecular flexibility index (Phi) is 5.17. The molecule has 1 nitrogen and oxygen atoms in total. The van der Waals surface area contributed by atoms with Crippen LogP contribution in [-0.2, 0) is 0 Å². The molecule has 0 saturated carbocycles. The van der Waals surface area contributed by atoms with E-state index in [2.05, 4.69) is 55.6 Å². The van der Waals surface area contributed by atoms with Gasteiger partial charge in [0.2, 0.25) is 0 Å². The topological polar surface area (TPSA) is 12.0 Å². The molecule has 0 radical (unpaired) electrons. The maximum Gasteiger partial charge on any atom is 0.0486 e. The van der Waals surface area contributed by atoms with Crippen LogP contribution in [0, 0.1) is 0 Å². The van der Waals surface area contributed by atoms with Crippen LogP contribution in [0.3, 0.4) is 0 Å². The van der Waals surface area contributed by atoms with E-state index < -0.39 is 0 Å². The van der Waals surface area contributed by atoms with Gasteiger partial charge in [0, 0.05) is 21.6 Å². The van der Waals surface area contributed by atoms with Crippen molar-refractivity contribution >= 4 is 29.1 Å². The van der Waals surface area contributed by atoms with Crippen LogP contribution in [0.5, 0.6) is 0 Å². The van der Waals surface area contributed by atoms with Gasteiger partial charge in [0.1, 0.15) is 0 Å². The third kappa shape index (κ3) is 3.92. The average molecular weight is 292 g/mol. The van der Waals surface area contributed by atoms with E-state index in [1.165, 1.54) is 16.1 Å². The van der Waals surface area contributed by atoms with E-state index >= 15 is 0 Å². The summed E-state index contributed by atoms with van der Waals surface area (Å²) in [5.74, 6) is 1.08. The highest BCUT2D eigenvalue weighted by atomic mass is 35.5. The fraction of sp³-hybridized carbons (Fsp3) is 0.250. The highest BCUT2D eigenvalue weighted by Gasteiger charge is 2.08. The number of hydrogen-bond donors (Lipinski definition) is 1. The van der Waals surface area contributed by atoms with Crippen LogP contribution in [0.4, 0.5) is 5.69 Å². The van der Waals surface area contributed by atoms with Gasteiger partial charge in [0.05, 0.1) is 0 Å². The quantitative estimate of drug-likeness (QED) is 0.717. The Balaban J connectivity index is 2.14. The minimum Gasteiger partial charge on any atom is -0.378 e. The van der Waals surface area contributed by atoms with Crippen molar-refractivity contribution in [3.63, 3.8) is 0 Å². The number of benzene rings is 2. The molecular formula is C16H18ClNS. The summed E-state index contributed by atoms with van der Waals surface area (Å²) in [6, 6.07) is 16.7. The van der Waals surface area contributed by atoms with Gasteiger partial charge in [-0.15, -0.1) is 11.8 Å². The van der Waals surface area contributed by atoms with E-state index in [-0.39, 0.29) is 6.04 Å². The van der Waals surface area contributed by atoms with Crippen LogP contribution in [-0.4, -0.2) is 5.75 Å². The molecule has 0 fully saturated rings. The lowest BCUT2D eigenvalue weighted by atomic mass is 10.1. The van der Waals surface area contributed by atoms with Gasteiger partial charge in [-0.2, -0.15) is 0 Å². The molecule has 0 heterocycles. The standard InChI is InChI=1S/C16H18ClNS/c1-3-19-16-7-5-4-6-15(16)18-12(2)13-8-10-14(17)11-9-13/h4-12,18H,3H2,1-2H3. The summed E-state index contributed by atoms with van der Waals surface area (Å²) in [5, 5.41) is 4.34. The summed E-state index contributed by atoms with van der Waals surface area (Å²) in [5.41, 5.74) is 2.43. The molecule has 0 aliphatic heterocycles. The Morgan fingerprint density at radius 2 is 1.79 bits per heavy atom. The molecule has 0 aromatic heterocycles. The van der Waals surface area contributed by atoms with E-state index in [4.69, 9.17) is 11.6 Å². The monoisotopic (exact) mass is 291 g/mol. The molecule has 0 aliphatic carbocycles. The van der Waals surface area contributed by atoms with E-state index in [0.29, 0.717) is 0 Å². The van der Waals surface area contributed by atoms with Gasteiger partial charge in [-0.05, 0) is 42.5 Å². The van der Waals surface area contributed by atoms with Gasteiger partial charge < -0.3 is 5.32 Å². The van der Waals surface area contributed by atoms with Crippen molar-refractivity contribution in [2.24, 2.45) is 0 Å². The predicted molar refractivity (Wildman–Crippen MR) is 86.3 cm³/mol. The molecule has 100 valence electrons. The molecule has 1 unspecified atom stereocenters. The Morgan fingerprint density at radius 1 is 1.11 bits per heavy atom. The molecule has 2 aromatic rings. The molecule has 2 rings (SSSR count). The number of nitrogens with one attached hydrogen (secondary N) is 1. The van der Waals surface area contributed by atoms with Crippen molar-refractivity contribution < 1.29 is 0 Å². The summed E-state index contributed by atoms with van der Waals surface area (Å²) in [4.78, 5) is 1.30. The Morgan fingerprint density at radius 3 is 2.47 bits per heavy atom. The van der Waals surface area contributed by atoms with E-state index in [9.17, 15) is 0 Å². The average Bonchev–Trinajstić information content (AvgIpc) is 2.42. The molecule has 1 atom stereocenters. The van der Waals surface area contributed by atoms with Gasteiger partial charge in [0.15, 0.2) is 0 Å². The zero-order valence-corrected chi connectivity index (χ0v) is 12.8. The number of para-hydroxylation sites is 1. The molecular weight excluding hydrogens is 274 g/mol. The lowest BCUT2D eigenvalue weighted by Gasteiger charge is -2.18. The second-order valence-electron chi connectivity index (χ2n) is 4.35. The molecule has 0 saturated heterocycles. The van der Waals surface area contributed by atoms with Crippen molar-refractivity contribution in [2.45, 2.75) is 24.8 Å². The fourth-order valence-corrected chi connectivity index (χ4v) is 2.83. The fourth-order valence-electron chi connectivity index (χ4n) is 1.94. The number of hydrogen-bond acceptors (Lipinski definition) is 2. The molecule has 3 heteroatoms. The second-order valence-corrected chi connectivity index (χ2v) is 6.09. The van der Waals surface area contributed by atoms with Crippen LogP contribution < -0.4 is 5.32 Å². The first-order valence-electron chi connectivity index (χ1n) is 6.44. The minimum atomic E-state index is 0.260. The molecule has 1 N–H and O–H groups in total. The lowest BCUT2D eigenvalue weighted by Crippen LogP contribution is -2.07. The van der Waals surface area contributed by atoms with Crippen LogP contribution in [0.2, 0.25) is 5.02 Å². The largest absolute Gasteiger partial charge is 0.378 e. The normalized spacial score (nSPS) is 12.2. The number of halogens is 1. The van der Waals surface area contributed by atoms with Crippen LogP contribution >= 0.6 is 23.4 Å². The van der Waals surface area contributed by atoms with Crippen LogP contribution in [0.25, 0.3) is 0 Å². The molecule has 0 amide bonds. The van der Waals surface area contributed by atoms with Gasteiger partial charge in [-0.1, -0.05) is 42.8 Å². The van der Waals surface area contributed by atoms with Crippen molar-refractivity contribution in [1.29, 1.82) is 0 Å². The zero-order valence-electron chi connectivity index (χ0n) is 11.2. The van der Waals surface area contributed by atoms with E-state index in [1.54, 1.807) is 0 Å². The maximum atomic E-state index is 5.92. The molecule has 0 spiro atoms. The van der Waals surface area contributed by atoms with Gasteiger partial charge in [-0.3, -0.25) is 0 Å². The molecule has 0 aliphatic rings. The zero-order chi connectivity index (χ0) is 13.7. The van der Waals surface area contributed by atoms with Gasteiger partial charge in [-0.25, -0.2) is 0 Å². The van der Waals surface area contributed by atoms with Crippen LogP contribution in [0.15, 0.2) is 53.4 Å². The summed E-state index contributed by atoms with van der Waals surface area (Å²) in [7, 11) is 0. The van der Waals surface area contributed by atoms with Crippen molar-refractivity contribution in [3.8, 4) is 0 Å². The Hall–Kier alpha value is -1.12. The van der Waals surface area contributed by atoms with Crippen molar-refractivity contribution in [1.82, 2.24) is 0 Å². The molecule has 2 aromatic carbocycles. The number of thioether (sulfide) groups is 1. The van der Waals surface area contributed by atoms with Crippen molar-refractivity contribution in [3.05, 3.63) is 59.1 Å². The first-order chi connectivity index (χ1) is 9.20. The number of anilines is 1. The smallest absolute Gasteiger partial charge is 0.0486 e. The SMILES string of the molecule is CCSc1ccccc1NC(C)c1ccc(Cl)cc1. The van der Waals surface area contributed by atoms with E-state index in [0.717, 1.165) is 10.8 Å². The Labute approximate surface area is 124 Å². The third-order valence-corrected chi connectivity index (χ3v) is 4.14. The highest BCUT2D eigenvalue weighted by molar-refractivity contribution is 7.99. The summed E-state index contributed by atoms with van der Waals surface area (Å²) in [6.07, 6.45) is 0. The summed E-state index contributed by atoms with van der Waals surface area (Å²) in [6.45, 7) is 4.33. The maximum absolute atomic E-state index is 5.92. The first-order valence-corrected chi connectivity index (χ1v) is 7.81.